The molecule has 1 amide bonds. The third-order valence-corrected chi connectivity index (χ3v) is 3.97. The van der Waals surface area contributed by atoms with Gasteiger partial charge in [0.2, 0.25) is 5.91 Å². The molecule has 1 aromatic heterocycles. The first kappa shape index (κ1) is 15.1. The van der Waals surface area contributed by atoms with E-state index in [4.69, 9.17) is 9.31 Å². The predicted octanol–water partition coefficient (Wildman–Crippen LogP) is 0.271. The van der Waals surface area contributed by atoms with E-state index in [0.717, 1.165) is 5.46 Å². The molecule has 2 rings (SSSR count). The monoisotopic (exact) mass is 279 g/mol. The van der Waals surface area contributed by atoms with E-state index in [0.29, 0.717) is 0 Å². The SMILES string of the molecule is CN(C)C(=O)Cn1cc(B2OC(C)(C)C(C)(C)O2)cn1. The molecule has 0 aliphatic carbocycles. The average molecular weight is 279 g/mol. The van der Waals surface area contributed by atoms with Crippen molar-refractivity contribution < 1.29 is 14.1 Å². The molecular formula is C13H22BN3O3. The van der Waals surface area contributed by atoms with Crippen LogP contribution in [0.5, 0.6) is 0 Å². The van der Waals surface area contributed by atoms with Crippen LogP contribution in [0.1, 0.15) is 27.7 Å². The summed E-state index contributed by atoms with van der Waals surface area (Å²) in [6.07, 6.45) is 3.48. The van der Waals surface area contributed by atoms with Crippen LogP contribution >= 0.6 is 0 Å². The maximum absolute atomic E-state index is 11.7. The number of carbonyl (C=O) groups is 1. The van der Waals surface area contributed by atoms with Crippen molar-refractivity contribution in [2.45, 2.75) is 45.4 Å². The highest BCUT2D eigenvalue weighted by atomic mass is 16.7. The van der Waals surface area contributed by atoms with E-state index in [9.17, 15) is 4.79 Å². The molecule has 1 aromatic rings. The number of likely N-dealkylation sites (N-methyl/N-ethyl adjacent to an activating group) is 1. The molecule has 0 saturated carbocycles. The third kappa shape index (κ3) is 2.74. The summed E-state index contributed by atoms with van der Waals surface area (Å²) in [7, 11) is 3.00. The quantitative estimate of drug-likeness (QED) is 0.745. The number of amides is 1. The van der Waals surface area contributed by atoms with Crippen LogP contribution in [0.2, 0.25) is 0 Å². The van der Waals surface area contributed by atoms with Crippen molar-refractivity contribution in [1.82, 2.24) is 14.7 Å². The van der Waals surface area contributed by atoms with Crippen LogP contribution in [-0.2, 0) is 20.6 Å². The van der Waals surface area contributed by atoms with E-state index in [2.05, 4.69) is 5.10 Å². The molecule has 1 aliphatic rings. The van der Waals surface area contributed by atoms with Crippen LogP contribution in [0, 0.1) is 0 Å². The Balaban J connectivity index is 2.09. The first-order chi connectivity index (χ1) is 9.12. The molecule has 0 spiro atoms. The lowest BCUT2D eigenvalue weighted by Gasteiger charge is -2.32. The summed E-state index contributed by atoms with van der Waals surface area (Å²) in [5.74, 6) is -0.00596. The van der Waals surface area contributed by atoms with Crippen molar-refractivity contribution in [2.24, 2.45) is 0 Å². The van der Waals surface area contributed by atoms with E-state index >= 15 is 0 Å². The van der Waals surface area contributed by atoms with Gasteiger partial charge < -0.3 is 14.2 Å². The minimum atomic E-state index is -0.441. The van der Waals surface area contributed by atoms with E-state index < -0.39 is 7.12 Å². The lowest BCUT2D eigenvalue weighted by atomic mass is 9.82. The maximum atomic E-state index is 11.7. The van der Waals surface area contributed by atoms with Crippen molar-refractivity contribution in [2.75, 3.05) is 14.1 Å². The van der Waals surface area contributed by atoms with Crippen molar-refractivity contribution in [1.29, 1.82) is 0 Å². The predicted molar refractivity (Wildman–Crippen MR) is 76.6 cm³/mol. The summed E-state index contributed by atoms with van der Waals surface area (Å²) in [6, 6.07) is 0. The van der Waals surface area contributed by atoms with E-state index in [1.54, 1.807) is 31.2 Å². The van der Waals surface area contributed by atoms with Gasteiger partial charge in [-0.1, -0.05) is 0 Å². The second-order valence-electron chi connectivity index (χ2n) is 6.35. The molecule has 6 nitrogen and oxygen atoms in total. The summed E-state index contributed by atoms with van der Waals surface area (Å²) in [6.45, 7) is 8.24. The zero-order valence-electron chi connectivity index (χ0n) is 13.0. The molecule has 2 heterocycles. The van der Waals surface area contributed by atoms with Crippen LogP contribution in [0.4, 0.5) is 0 Å². The van der Waals surface area contributed by atoms with Gasteiger partial charge >= 0.3 is 7.12 Å². The highest BCUT2D eigenvalue weighted by molar-refractivity contribution is 6.62. The fraction of sp³-hybridized carbons (Fsp3) is 0.692. The van der Waals surface area contributed by atoms with Gasteiger partial charge in [-0.3, -0.25) is 9.48 Å². The largest absolute Gasteiger partial charge is 0.498 e. The van der Waals surface area contributed by atoms with E-state index in [-0.39, 0.29) is 23.7 Å². The number of rotatable bonds is 3. The Bertz CT molecular complexity index is 495. The van der Waals surface area contributed by atoms with Crippen molar-refractivity contribution in [3.05, 3.63) is 12.4 Å². The summed E-state index contributed by atoms with van der Waals surface area (Å²) < 4.78 is 13.5. The molecular weight excluding hydrogens is 257 g/mol. The zero-order valence-corrected chi connectivity index (χ0v) is 13.0. The van der Waals surface area contributed by atoms with Crippen LogP contribution in [0.3, 0.4) is 0 Å². The molecule has 20 heavy (non-hydrogen) atoms. The fourth-order valence-corrected chi connectivity index (χ4v) is 1.85. The Hall–Kier alpha value is -1.34. The summed E-state index contributed by atoms with van der Waals surface area (Å²) in [5, 5.41) is 4.19. The van der Waals surface area contributed by atoms with Gasteiger partial charge in [0, 0.05) is 32.0 Å². The number of nitrogens with zero attached hydrogens (tertiary/aromatic N) is 3. The van der Waals surface area contributed by atoms with Crippen LogP contribution in [0.15, 0.2) is 12.4 Å². The minimum Gasteiger partial charge on any atom is -0.399 e. The van der Waals surface area contributed by atoms with E-state index in [1.807, 2.05) is 27.7 Å². The van der Waals surface area contributed by atoms with Crippen LogP contribution < -0.4 is 5.46 Å². The highest BCUT2D eigenvalue weighted by Gasteiger charge is 2.52. The van der Waals surface area contributed by atoms with Crippen molar-refractivity contribution in [3.8, 4) is 0 Å². The molecule has 0 bridgehead atoms. The van der Waals surface area contributed by atoms with Crippen LogP contribution in [0.25, 0.3) is 0 Å². The Morgan fingerprint density at radius 1 is 1.30 bits per heavy atom. The molecule has 1 saturated heterocycles. The van der Waals surface area contributed by atoms with Gasteiger partial charge in [-0.15, -0.1) is 0 Å². The van der Waals surface area contributed by atoms with Gasteiger partial charge in [0.1, 0.15) is 6.54 Å². The van der Waals surface area contributed by atoms with Gasteiger partial charge in [-0.2, -0.15) is 5.10 Å². The highest BCUT2D eigenvalue weighted by Crippen LogP contribution is 2.36. The molecule has 110 valence electrons. The summed E-state index contributed by atoms with van der Waals surface area (Å²) in [4.78, 5) is 13.2. The Morgan fingerprint density at radius 2 is 1.85 bits per heavy atom. The third-order valence-electron chi connectivity index (χ3n) is 3.97. The summed E-state index contributed by atoms with van der Waals surface area (Å²) >= 11 is 0. The molecule has 0 aromatic carbocycles. The Kier molecular flexibility index (Phi) is 3.68. The maximum Gasteiger partial charge on any atom is 0.498 e. The van der Waals surface area contributed by atoms with Gasteiger partial charge in [0.15, 0.2) is 0 Å². The molecule has 0 N–H and O–H groups in total. The molecule has 1 fully saturated rings. The molecule has 0 radical (unpaired) electrons. The molecule has 0 atom stereocenters. The number of aromatic nitrogens is 2. The second kappa shape index (κ2) is 4.89. The fourth-order valence-electron chi connectivity index (χ4n) is 1.85. The second-order valence-corrected chi connectivity index (χ2v) is 6.35. The molecule has 0 unspecified atom stereocenters. The summed E-state index contributed by atoms with van der Waals surface area (Å²) in [5.41, 5.74) is 0.0774. The first-order valence-electron chi connectivity index (χ1n) is 6.70. The lowest BCUT2D eigenvalue weighted by Crippen LogP contribution is -2.41. The van der Waals surface area contributed by atoms with E-state index in [1.165, 1.54) is 4.90 Å². The smallest absolute Gasteiger partial charge is 0.399 e. The number of hydrogen-bond donors (Lipinski definition) is 0. The number of hydrogen-bond acceptors (Lipinski definition) is 4. The standard InChI is InChI=1S/C13H22BN3O3/c1-12(2)13(3,4)20-14(19-12)10-7-15-17(8-10)9-11(18)16(5)6/h7-8H,9H2,1-6H3. The average Bonchev–Trinajstić information content (AvgIpc) is 2.82. The van der Waals surface area contributed by atoms with Crippen molar-refractivity contribution in [3.63, 3.8) is 0 Å². The zero-order chi connectivity index (χ0) is 15.1. The molecule has 7 heteroatoms. The Morgan fingerprint density at radius 3 is 2.35 bits per heavy atom. The molecule has 1 aliphatic heterocycles. The number of carbonyl (C=O) groups excluding carboxylic acids is 1. The topological polar surface area (TPSA) is 56.6 Å². The van der Waals surface area contributed by atoms with Crippen molar-refractivity contribution >= 4 is 18.5 Å². The van der Waals surface area contributed by atoms with Gasteiger partial charge in [0.05, 0.1) is 11.2 Å². The van der Waals surface area contributed by atoms with Gasteiger partial charge in [-0.05, 0) is 27.7 Å². The van der Waals surface area contributed by atoms with Gasteiger partial charge in [-0.25, -0.2) is 0 Å². The minimum absolute atomic E-state index is 0.00596. The van der Waals surface area contributed by atoms with Crippen LogP contribution in [-0.4, -0.2) is 53.0 Å². The normalized spacial score (nSPS) is 20.2. The first-order valence-corrected chi connectivity index (χ1v) is 6.70. The lowest BCUT2D eigenvalue weighted by molar-refractivity contribution is -0.129. The Labute approximate surface area is 120 Å². The van der Waals surface area contributed by atoms with Gasteiger partial charge in [0.25, 0.3) is 0 Å².